The average Bonchev–Trinajstić information content (AvgIpc) is 1.83. The van der Waals surface area contributed by atoms with Crippen molar-refractivity contribution in [1.29, 1.82) is 0 Å². The van der Waals surface area contributed by atoms with Gasteiger partial charge in [0.05, 0.1) is 0 Å². The number of ether oxygens (including phenoxy) is 1. The zero-order chi connectivity index (χ0) is 8.91. The van der Waals surface area contributed by atoms with Gasteiger partial charge in [-0.15, -0.1) is 0 Å². The maximum atomic E-state index is 10.7. The normalized spacial score (nSPS) is 11.3. The summed E-state index contributed by atoms with van der Waals surface area (Å²) < 4.78 is 4.52. The number of hydrogen-bond donors (Lipinski definition) is 2. The Morgan fingerprint density at radius 2 is 2.09 bits per heavy atom. The van der Waals surface area contributed by atoms with E-state index in [4.69, 9.17) is 11.5 Å². The van der Waals surface area contributed by atoms with Crippen molar-refractivity contribution in [3.8, 4) is 0 Å². The van der Waals surface area contributed by atoms with Gasteiger partial charge in [-0.1, -0.05) is 0 Å². The van der Waals surface area contributed by atoms with Gasteiger partial charge in [0.15, 0.2) is 0 Å². The molecule has 0 spiro atoms. The topological polar surface area (TPSA) is 78.3 Å². The van der Waals surface area contributed by atoms with E-state index in [0.29, 0.717) is 12.8 Å². The predicted octanol–water partition coefficient (Wildman–Crippen LogP) is -0.0367. The quantitative estimate of drug-likeness (QED) is 0.447. The number of nitrogens with two attached hydrogens (primary N) is 2. The van der Waals surface area contributed by atoms with Crippen LogP contribution in [0, 0.1) is 0 Å². The predicted molar refractivity (Wildman–Crippen MR) is 42.6 cm³/mol. The fourth-order valence-corrected chi connectivity index (χ4v) is 0.589. The molecule has 0 aromatic heterocycles. The van der Waals surface area contributed by atoms with Crippen LogP contribution in [0.4, 0.5) is 0 Å². The van der Waals surface area contributed by atoms with E-state index in [9.17, 15) is 4.79 Å². The van der Waals surface area contributed by atoms with Gasteiger partial charge in [-0.05, 0) is 20.3 Å². The molecule has 0 saturated heterocycles. The van der Waals surface area contributed by atoms with Crippen molar-refractivity contribution in [2.75, 3.05) is 6.73 Å². The van der Waals surface area contributed by atoms with Gasteiger partial charge >= 0.3 is 5.97 Å². The lowest BCUT2D eigenvalue weighted by molar-refractivity contribution is -0.143. The molecule has 0 unspecified atom stereocenters. The van der Waals surface area contributed by atoms with Gasteiger partial charge in [-0.3, -0.25) is 10.5 Å². The van der Waals surface area contributed by atoms with Crippen LogP contribution >= 0.6 is 0 Å². The monoisotopic (exact) mass is 160 g/mol. The van der Waals surface area contributed by atoms with Crippen molar-refractivity contribution in [2.45, 2.75) is 32.2 Å². The Hall–Kier alpha value is -0.610. The van der Waals surface area contributed by atoms with E-state index in [-0.39, 0.29) is 18.2 Å². The van der Waals surface area contributed by atoms with Crippen LogP contribution in [0.5, 0.6) is 0 Å². The molecule has 0 fully saturated rings. The molecule has 11 heavy (non-hydrogen) atoms. The summed E-state index contributed by atoms with van der Waals surface area (Å²) in [6, 6.07) is 0. The van der Waals surface area contributed by atoms with Crippen LogP contribution in [-0.2, 0) is 9.53 Å². The molecule has 0 atom stereocenters. The van der Waals surface area contributed by atoms with Crippen molar-refractivity contribution < 1.29 is 9.53 Å². The first-order valence-corrected chi connectivity index (χ1v) is 3.60. The second-order valence-corrected chi connectivity index (χ2v) is 3.17. The highest BCUT2D eigenvalue weighted by molar-refractivity contribution is 5.69. The largest absolute Gasteiger partial charge is 0.450 e. The van der Waals surface area contributed by atoms with E-state index >= 15 is 0 Å². The Morgan fingerprint density at radius 3 is 2.45 bits per heavy atom. The first kappa shape index (κ1) is 10.4. The highest BCUT2D eigenvalue weighted by Gasteiger charge is 2.13. The molecule has 0 aliphatic heterocycles. The first-order chi connectivity index (χ1) is 4.95. The molecule has 0 saturated carbocycles. The SMILES string of the molecule is CC(C)(N)CCC(=O)OCN. The van der Waals surface area contributed by atoms with Gasteiger partial charge in [-0.25, -0.2) is 0 Å². The fourth-order valence-electron chi connectivity index (χ4n) is 0.589. The summed E-state index contributed by atoms with van der Waals surface area (Å²) in [7, 11) is 0. The molecule has 4 heteroatoms. The number of carbonyl (C=O) groups excluding carboxylic acids is 1. The molecule has 0 amide bonds. The van der Waals surface area contributed by atoms with Crippen LogP contribution < -0.4 is 11.5 Å². The van der Waals surface area contributed by atoms with Gasteiger partial charge in [-0.2, -0.15) is 0 Å². The lowest BCUT2D eigenvalue weighted by Crippen LogP contribution is -2.32. The highest BCUT2D eigenvalue weighted by Crippen LogP contribution is 2.07. The van der Waals surface area contributed by atoms with Crippen LogP contribution in [-0.4, -0.2) is 18.2 Å². The minimum atomic E-state index is -0.312. The zero-order valence-electron chi connectivity index (χ0n) is 7.09. The van der Waals surface area contributed by atoms with Crippen LogP contribution in [0.15, 0.2) is 0 Å². The Morgan fingerprint density at radius 1 is 1.55 bits per heavy atom. The molecule has 0 aromatic carbocycles. The van der Waals surface area contributed by atoms with Crippen LogP contribution in [0.25, 0.3) is 0 Å². The maximum Gasteiger partial charge on any atom is 0.307 e. The smallest absolute Gasteiger partial charge is 0.307 e. The maximum absolute atomic E-state index is 10.7. The first-order valence-electron chi connectivity index (χ1n) is 3.60. The highest BCUT2D eigenvalue weighted by atomic mass is 16.5. The van der Waals surface area contributed by atoms with Crippen LogP contribution in [0.3, 0.4) is 0 Å². The van der Waals surface area contributed by atoms with E-state index in [2.05, 4.69) is 4.74 Å². The summed E-state index contributed by atoms with van der Waals surface area (Å²) in [5, 5.41) is 0. The standard InChI is InChI=1S/C7H16N2O2/c1-7(2,9)4-3-6(10)11-5-8/h3-5,8-9H2,1-2H3. The van der Waals surface area contributed by atoms with Crippen molar-refractivity contribution in [3.05, 3.63) is 0 Å². The second kappa shape index (κ2) is 4.31. The Balaban J connectivity index is 3.46. The Bertz CT molecular complexity index is 129. The molecule has 66 valence electrons. The fraction of sp³-hybridized carbons (Fsp3) is 0.857. The molecule has 0 heterocycles. The third-order valence-electron chi connectivity index (χ3n) is 1.22. The number of esters is 1. The number of hydrogen-bond acceptors (Lipinski definition) is 4. The number of carbonyl (C=O) groups is 1. The van der Waals surface area contributed by atoms with Crippen LogP contribution in [0.2, 0.25) is 0 Å². The van der Waals surface area contributed by atoms with E-state index < -0.39 is 0 Å². The van der Waals surface area contributed by atoms with Gasteiger partial charge in [0.1, 0.15) is 6.73 Å². The molecule has 0 aromatic rings. The lowest BCUT2D eigenvalue weighted by Gasteiger charge is -2.16. The molecule has 0 aliphatic rings. The summed E-state index contributed by atoms with van der Waals surface area (Å²) in [4.78, 5) is 10.7. The minimum absolute atomic E-state index is 0.0518. The third-order valence-corrected chi connectivity index (χ3v) is 1.22. The molecule has 0 aliphatic carbocycles. The van der Waals surface area contributed by atoms with Gasteiger partial charge in [0, 0.05) is 12.0 Å². The molecule has 4 N–H and O–H groups in total. The molecule has 0 radical (unpaired) electrons. The van der Waals surface area contributed by atoms with Gasteiger partial charge in [0.2, 0.25) is 0 Å². The third kappa shape index (κ3) is 7.29. The summed E-state index contributed by atoms with van der Waals surface area (Å²) in [6.45, 7) is 3.68. The van der Waals surface area contributed by atoms with E-state index in [1.165, 1.54) is 0 Å². The van der Waals surface area contributed by atoms with Crippen molar-refractivity contribution in [2.24, 2.45) is 11.5 Å². The van der Waals surface area contributed by atoms with Crippen molar-refractivity contribution in [1.82, 2.24) is 0 Å². The van der Waals surface area contributed by atoms with Gasteiger partial charge < -0.3 is 10.5 Å². The van der Waals surface area contributed by atoms with Crippen LogP contribution in [0.1, 0.15) is 26.7 Å². The zero-order valence-corrected chi connectivity index (χ0v) is 7.09. The molecular weight excluding hydrogens is 144 g/mol. The van der Waals surface area contributed by atoms with E-state index in [1.54, 1.807) is 0 Å². The second-order valence-electron chi connectivity index (χ2n) is 3.17. The van der Waals surface area contributed by atoms with Gasteiger partial charge in [0.25, 0.3) is 0 Å². The Kier molecular flexibility index (Phi) is 4.07. The Labute approximate surface area is 66.9 Å². The summed E-state index contributed by atoms with van der Waals surface area (Å²) in [5.74, 6) is -0.286. The lowest BCUT2D eigenvalue weighted by atomic mass is 10.0. The van der Waals surface area contributed by atoms with Crippen molar-refractivity contribution >= 4 is 5.97 Å². The van der Waals surface area contributed by atoms with E-state index in [1.807, 2.05) is 13.8 Å². The summed E-state index contributed by atoms with van der Waals surface area (Å²) in [5.41, 5.74) is 10.3. The summed E-state index contributed by atoms with van der Waals surface area (Å²) >= 11 is 0. The van der Waals surface area contributed by atoms with Crippen molar-refractivity contribution in [3.63, 3.8) is 0 Å². The molecular formula is C7H16N2O2. The number of rotatable bonds is 4. The molecule has 4 nitrogen and oxygen atoms in total. The molecule has 0 rings (SSSR count). The van der Waals surface area contributed by atoms with E-state index in [0.717, 1.165) is 0 Å². The summed E-state index contributed by atoms with van der Waals surface area (Å²) in [6.07, 6.45) is 0.951. The average molecular weight is 160 g/mol. The molecule has 0 bridgehead atoms. The minimum Gasteiger partial charge on any atom is -0.450 e.